The van der Waals surface area contributed by atoms with E-state index in [9.17, 15) is 19.2 Å². The molecule has 3 aliphatic heterocycles. The van der Waals surface area contributed by atoms with Crippen molar-refractivity contribution in [3.63, 3.8) is 0 Å². The molecule has 4 amide bonds. The minimum absolute atomic E-state index is 0.150. The van der Waals surface area contributed by atoms with Crippen molar-refractivity contribution in [2.75, 3.05) is 19.6 Å². The molecule has 0 radical (unpaired) electrons. The predicted molar refractivity (Wildman–Crippen MR) is 108 cm³/mol. The number of nitrogens with zero attached hydrogens (tertiary/aromatic N) is 2. The van der Waals surface area contributed by atoms with Crippen LogP contribution in [0.1, 0.15) is 42.5 Å². The summed E-state index contributed by atoms with van der Waals surface area (Å²) in [4.78, 5) is 54.0. The number of carbonyl (C=O) groups excluding carboxylic acids is 4. The minimum atomic E-state index is -0.822. The van der Waals surface area contributed by atoms with Crippen LogP contribution in [0.3, 0.4) is 0 Å². The van der Waals surface area contributed by atoms with E-state index in [2.05, 4.69) is 5.32 Å². The maximum absolute atomic E-state index is 12.9. The molecule has 4 fully saturated rings. The van der Waals surface area contributed by atoms with Crippen LogP contribution in [0.25, 0.3) is 0 Å². The largest absolute Gasteiger partial charge is 0.467 e. The van der Waals surface area contributed by atoms with Crippen LogP contribution in [0.15, 0.2) is 24.3 Å². The number of imide groups is 1. The molecule has 8 heteroatoms. The molecule has 0 aromatic heterocycles. The molecule has 1 spiro atoms. The number of rotatable bonds is 2. The molecule has 162 valence electrons. The standard InChI is InChI=1S/C23H25N3O5/c27-17(12-26-21(29)18-13-5-6-14(11-13)19(18)22(26)30)25-9-7-23(8-10-25)24-20(28)15-3-1-2-4-16(15)31-23/h1-4,13-14,18-19H,5-12H2,(H,24,28)/t13-,14-,18-,19+/m0/s1. The molecule has 2 saturated carbocycles. The summed E-state index contributed by atoms with van der Waals surface area (Å²) in [5.41, 5.74) is -0.310. The Bertz CT molecular complexity index is 971. The van der Waals surface area contributed by atoms with Gasteiger partial charge < -0.3 is 15.0 Å². The summed E-state index contributed by atoms with van der Waals surface area (Å²) in [5.74, 6) is 0.104. The van der Waals surface area contributed by atoms with Crippen LogP contribution in [-0.2, 0) is 14.4 Å². The van der Waals surface area contributed by atoms with Crippen molar-refractivity contribution in [3.05, 3.63) is 29.8 Å². The Morgan fingerprint density at radius 3 is 2.35 bits per heavy atom. The lowest BCUT2D eigenvalue weighted by Gasteiger charge is -2.44. The molecule has 1 aromatic rings. The van der Waals surface area contributed by atoms with Crippen LogP contribution in [0.5, 0.6) is 5.75 Å². The number of amides is 4. The molecule has 4 atom stereocenters. The smallest absolute Gasteiger partial charge is 0.258 e. The Morgan fingerprint density at radius 2 is 1.68 bits per heavy atom. The molecular weight excluding hydrogens is 398 g/mol. The van der Waals surface area contributed by atoms with Gasteiger partial charge >= 0.3 is 0 Å². The highest BCUT2D eigenvalue weighted by molar-refractivity contribution is 6.08. The van der Waals surface area contributed by atoms with E-state index in [0.29, 0.717) is 49.1 Å². The molecule has 8 nitrogen and oxygen atoms in total. The third kappa shape index (κ3) is 2.73. The van der Waals surface area contributed by atoms with E-state index in [1.165, 1.54) is 4.90 Å². The van der Waals surface area contributed by atoms with Gasteiger partial charge in [0.15, 0.2) is 5.72 Å². The Labute approximate surface area is 179 Å². The van der Waals surface area contributed by atoms with Crippen molar-refractivity contribution < 1.29 is 23.9 Å². The van der Waals surface area contributed by atoms with Crippen LogP contribution in [0.2, 0.25) is 0 Å². The average molecular weight is 423 g/mol. The third-order valence-electron chi connectivity index (χ3n) is 8.01. The number of carbonyl (C=O) groups is 4. The van der Waals surface area contributed by atoms with Crippen molar-refractivity contribution in [1.82, 2.24) is 15.1 Å². The second-order valence-electron chi connectivity index (χ2n) is 9.57. The lowest BCUT2D eigenvalue weighted by Crippen LogP contribution is -2.62. The second-order valence-corrected chi connectivity index (χ2v) is 9.57. The van der Waals surface area contributed by atoms with Gasteiger partial charge in [0.25, 0.3) is 5.91 Å². The number of ether oxygens (including phenoxy) is 1. The van der Waals surface area contributed by atoms with E-state index < -0.39 is 5.72 Å². The number of benzene rings is 1. The molecule has 3 heterocycles. The number of hydrogen-bond acceptors (Lipinski definition) is 5. The van der Waals surface area contributed by atoms with Crippen molar-refractivity contribution in [1.29, 1.82) is 0 Å². The number of para-hydroxylation sites is 1. The Hall–Kier alpha value is -2.90. The van der Waals surface area contributed by atoms with E-state index in [1.807, 2.05) is 6.07 Å². The fourth-order valence-electron chi connectivity index (χ4n) is 6.46. The quantitative estimate of drug-likeness (QED) is 0.720. The summed E-state index contributed by atoms with van der Waals surface area (Å²) in [7, 11) is 0. The molecule has 2 aliphatic carbocycles. The maximum atomic E-state index is 12.9. The van der Waals surface area contributed by atoms with E-state index in [0.717, 1.165) is 19.3 Å². The van der Waals surface area contributed by atoms with Gasteiger partial charge in [-0.2, -0.15) is 0 Å². The summed E-state index contributed by atoms with van der Waals surface area (Å²) >= 11 is 0. The third-order valence-corrected chi connectivity index (χ3v) is 8.01. The first-order valence-electron chi connectivity index (χ1n) is 11.2. The summed E-state index contributed by atoms with van der Waals surface area (Å²) in [5, 5.41) is 2.96. The molecule has 5 aliphatic rings. The van der Waals surface area contributed by atoms with Crippen molar-refractivity contribution >= 4 is 23.6 Å². The van der Waals surface area contributed by atoms with E-state index in [1.54, 1.807) is 23.1 Å². The average Bonchev–Trinajstić information content (AvgIpc) is 3.44. The summed E-state index contributed by atoms with van der Waals surface area (Å²) in [6, 6.07) is 7.13. The number of fused-ring (bicyclic) bond motifs is 6. The zero-order valence-corrected chi connectivity index (χ0v) is 17.2. The zero-order valence-electron chi connectivity index (χ0n) is 17.2. The fraction of sp³-hybridized carbons (Fsp3) is 0.565. The van der Waals surface area contributed by atoms with Crippen LogP contribution >= 0.6 is 0 Å². The highest BCUT2D eigenvalue weighted by Gasteiger charge is 2.61. The first-order chi connectivity index (χ1) is 15.0. The topological polar surface area (TPSA) is 96.0 Å². The van der Waals surface area contributed by atoms with Crippen molar-refractivity contribution in [3.8, 4) is 5.75 Å². The van der Waals surface area contributed by atoms with E-state index in [4.69, 9.17) is 4.74 Å². The van der Waals surface area contributed by atoms with E-state index in [-0.39, 0.29) is 42.0 Å². The number of piperidine rings is 1. The van der Waals surface area contributed by atoms with Gasteiger partial charge in [-0.05, 0) is 43.2 Å². The van der Waals surface area contributed by atoms with Crippen LogP contribution in [0.4, 0.5) is 0 Å². The molecule has 6 rings (SSSR count). The maximum Gasteiger partial charge on any atom is 0.258 e. The fourth-order valence-corrected chi connectivity index (χ4v) is 6.46. The lowest BCUT2D eigenvalue weighted by atomic mass is 9.81. The van der Waals surface area contributed by atoms with E-state index >= 15 is 0 Å². The molecular formula is C23H25N3O5. The van der Waals surface area contributed by atoms with Gasteiger partial charge in [0.05, 0.1) is 17.4 Å². The van der Waals surface area contributed by atoms with Gasteiger partial charge in [0.1, 0.15) is 12.3 Å². The first kappa shape index (κ1) is 18.8. The van der Waals surface area contributed by atoms with Crippen LogP contribution in [-0.4, -0.2) is 58.8 Å². The molecule has 1 N–H and O–H groups in total. The highest BCUT2D eigenvalue weighted by Crippen LogP contribution is 2.56. The summed E-state index contributed by atoms with van der Waals surface area (Å²) in [6.07, 6.45) is 3.94. The van der Waals surface area contributed by atoms with Gasteiger partial charge in [-0.1, -0.05) is 12.1 Å². The molecule has 2 bridgehead atoms. The Kier molecular flexibility index (Phi) is 3.98. The SMILES string of the molecule is O=C1NC2(CCN(C(=O)CN3C(=O)[C@@H]4[C@H]5CC[C@@H](C5)[C@@H]4C3=O)CC2)Oc2ccccc21. The lowest BCUT2D eigenvalue weighted by molar-refractivity contribution is -0.148. The number of likely N-dealkylation sites (tertiary alicyclic amines) is 2. The minimum Gasteiger partial charge on any atom is -0.467 e. The van der Waals surface area contributed by atoms with Gasteiger partial charge in [-0.25, -0.2) is 0 Å². The number of nitrogens with one attached hydrogen (secondary N) is 1. The monoisotopic (exact) mass is 423 g/mol. The second kappa shape index (κ2) is 6.55. The zero-order chi connectivity index (χ0) is 21.3. The molecule has 31 heavy (non-hydrogen) atoms. The van der Waals surface area contributed by atoms with Gasteiger partial charge in [0, 0.05) is 25.9 Å². The van der Waals surface area contributed by atoms with Gasteiger partial charge in [0.2, 0.25) is 17.7 Å². The Morgan fingerprint density at radius 1 is 1.03 bits per heavy atom. The molecule has 0 unspecified atom stereocenters. The highest BCUT2D eigenvalue weighted by atomic mass is 16.5. The van der Waals surface area contributed by atoms with Crippen molar-refractivity contribution in [2.24, 2.45) is 23.7 Å². The molecule has 1 aromatic carbocycles. The van der Waals surface area contributed by atoms with Gasteiger partial charge in [-0.3, -0.25) is 24.1 Å². The first-order valence-corrected chi connectivity index (χ1v) is 11.2. The van der Waals surface area contributed by atoms with Crippen LogP contribution < -0.4 is 10.1 Å². The normalized spacial score (nSPS) is 32.7. The van der Waals surface area contributed by atoms with Crippen molar-refractivity contribution in [2.45, 2.75) is 37.8 Å². The Balaban J connectivity index is 1.11. The van der Waals surface area contributed by atoms with Crippen LogP contribution in [0, 0.1) is 23.7 Å². The van der Waals surface area contributed by atoms with Gasteiger partial charge in [-0.15, -0.1) is 0 Å². The number of hydrogen-bond donors (Lipinski definition) is 1. The molecule has 2 saturated heterocycles. The predicted octanol–water partition coefficient (Wildman–Crippen LogP) is 1.16. The summed E-state index contributed by atoms with van der Waals surface area (Å²) < 4.78 is 6.12. The summed E-state index contributed by atoms with van der Waals surface area (Å²) in [6.45, 7) is 0.623.